The van der Waals surface area contributed by atoms with Gasteiger partial charge in [0.15, 0.2) is 12.4 Å². The zero-order valence-electron chi connectivity index (χ0n) is 20.9. The first-order valence-electron chi connectivity index (χ1n) is 11.4. The van der Waals surface area contributed by atoms with E-state index in [1.807, 2.05) is 60.7 Å². The highest BCUT2D eigenvalue weighted by Gasteiger charge is 2.61. The molecule has 0 radical (unpaired) electrons. The van der Waals surface area contributed by atoms with Gasteiger partial charge in [0.2, 0.25) is 0 Å². The van der Waals surface area contributed by atoms with Crippen LogP contribution in [0.1, 0.15) is 11.1 Å². The lowest BCUT2D eigenvalue weighted by molar-refractivity contribution is -0.179. The van der Waals surface area contributed by atoms with Crippen LogP contribution in [-0.4, -0.2) is 73.3 Å². The molecule has 12 heteroatoms. The van der Waals surface area contributed by atoms with E-state index in [-0.39, 0.29) is 13.2 Å². The Kier molecular flexibility index (Phi) is 10.0. The van der Waals surface area contributed by atoms with Gasteiger partial charge in [-0.1, -0.05) is 66.7 Å². The lowest BCUT2D eigenvalue weighted by atomic mass is 9.88. The van der Waals surface area contributed by atoms with Crippen molar-refractivity contribution in [3.63, 3.8) is 0 Å². The summed E-state index contributed by atoms with van der Waals surface area (Å²) in [7, 11) is -6.54. The van der Waals surface area contributed by atoms with Crippen molar-refractivity contribution in [2.45, 2.75) is 43.4 Å². The molecule has 37 heavy (non-hydrogen) atoms. The monoisotopic (exact) mass is 556 g/mol. The van der Waals surface area contributed by atoms with Crippen molar-refractivity contribution in [2.75, 3.05) is 26.2 Å². The summed E-state index contributed by atoms with van der Waals surface area (Å²) in [6.07, 6.45) is -1.54. The molecule has 0 amide bonds. The van der Waals surface area contributed by atoms with Gasteiger partial charge in [-0.15, -0.1) is 6.58 Å². The zero-order chi connectivity index (χ0) is 27.1. The molecule has 5 atom stereocenters. The summed E-state index contributed by atoms with van der Waals surface area (Å²) in [4.78, 5) is 0. The Morgan fingerprint density at radius 3 is 2.00 bits per heavy atom. The Bertz CT molecular complexity index is 1220. The third kappa shape index (κ3) is 8.16. The maximum Gasteiger partial charge on any atom is 0.264 e. The lowest BCUT2D eigenvalue weighted by Gasteiger charge is -2.38. The second-order valence-electron chi connectivity index (χ2n) is 8.54. The average molecular weight is 557 g/mol. The molecule has 0 bridgehead atoms. The van der Waals surface area contributed by atoms with Crippen LogP contribution in [0.25, 0.3) is 0 Å². The predicted molar refractivity (Wildman–Crippen MR) is 135 cm³/mol. The normalized spacial score (nSPS) is 25.1. The van der Waals surface area contributed by atoms with E-state index in [9.17, 15) is 16.8 Å². The first-order chi connectivity index (χ1) is 17.5. The molecule has 2 aromatic carbocycles. The van der Waals surface area contributed by atoms with Gasteiger partial charge in [0.05, 0.1) is 32.3 Å². The van der Waals surface area contributed by atoms with Gasteiger partial charge in [-0.3, -0.25) is 8.37 Å². The minimum Gasteiger partial charge on any atom is -0.368 e. The second-order valence-corrected chi connectivity index (χ2v) is 11.8. The molecule has 204 valence electrons. The Morgan fingerprint density at radius 2 is 1.51 bits per heavy atom. The minimum absolute atomic E-state index is 0.0329. The van der Waals surface area contributed by atoms with Crippen LogP contribution in [0.5, 0.6) is 0 Å². The van der Waals surface area contributed by atoms with Gasteiger partial charge >= 0.3 is 0 Å². The van der Waals surface area contributed by atoms with E-state index in [0.717, 1.165) is 23.6 Å². The van der Waals surface area contributed by atoms with Crippen LogP contribution in [0.2, 0.25) is 0 Å². The molecule has 1 aliphatic rings. The molecule has 1 fully saturated rings. The van der Waals surface area contributed by atoms with Crippen molar-refractivity contribution in [1.82, 2.24) is 0 Å². The van der Waals surface area contributed by atoms with Crippen LogP contribution in [-0.2, 0) is 60.8 Å². The smallest absolute Gasteiger partial charge is 0.264 e. The van der Waals surface area contributed by atoms with Crippen LogP contribution in [0, 0.1) is 0 Å². The molecule has 0 spiro atoms. The first kappa shape index (κ1) is 29.4. The molecule has 2 aromatic rings. The van der Waals surface area contributed by atoms with Gasteiger partial charge in [0.25, 0.3) is 20.2 Å². The quantitative estimate of drug-likeness (QED) is 0.253. The Balaban J connectivity index is 2.02. The Morgan fingerprint density at radius 1 is 0.946 bits per heavy atom. The van der Waals surface area contributed by atoms with Crippen molar-refractivity contribution in [3.05, 3.63) is 84.4 Å². The number of rotatable bonds is 14. The third-order valence-corrected chi connectivity index (χ3v) is 6.79. The van der Waals surface area contributed by atoms with Crippen molar-refractivity contribution in [1.29, 1.82) is 0 Å². The molecule has 1 aliphatic heterocycles. The van der Waals surface area contributed by atoms with Crippen molar-refractivity contribution in [2.24, 2.45) is 0 Å². The molecule has 10 nitrogen and oxygen atoms in total. The molecular weight excluding hydrogens is 524 g/mol. The van der Waals surface area contributed by atoms with Gasteiger partial charge in [0, 0.05) is 7.11 Å². The number of benzene rings is 2. The summed E-state index contributed by atoms with van der Waals surface area (Å²) in [6.45, 7) is 3.56. The highest BCUT2D eigenvalue weighted by Crippen LogP contribution is 2.42. The molecule has 0 saturated carbocycles. The molecule has 0 aromatic heterocycles. The topological polar surface area (TPSA) is 124 Å². The van der Waals surface area contributed by atoms with Gasteiger partial charge < -0.3 is 18.9 Å². The number of hydrogen-bond acceptors (Lipinski definition) is 10. The summed E-state index contributed by atoms with van der Waals surface area (Å²) in [5, 5.41) is 0. The maximum absolute atomic E-state index is 12.2. The molecule has 1 heterocycles. The molecule has 0 N–H and O–H groups in total. The summed E-state index contributed by atoms with van der Waals surface area (Å²) in [6, 6.07) is 18.4. The van der Waals surface area contributed by atoms with E-state index >= 15 is 0 Å². The van der Waals surface area contributed by atoms with Crippen LogP contribution in [0.3, 0.4) is 0 Å². The zero-order valence-corrected chi connectivity index (χ0v) is 22.5. The minimum atomic E-state index is -4.01. The second kappa shape index (κ2) is 12.6. The fourth-order valence-corrected chi connectivity index (χ4v) is 4.99. The Hall–Kier alpha value is -2.16. The molecular formula is C25H32O10S2. The molecule has 1 saturated heterocycles. The van der Waals surface area contributed by atoms with Gasteiger partial charge in [0.1, 0.15) is 17.8 Å². The van der Waals surface area contributed by atoms with E-state index in [0.29, 0.717) is 0 Å². The molecule has 0 unspecified atom stereocenters. The van der Waals surface area contributed by atoms with Crippen molar-refractivity contribution < 1.29 is 44.1 Å². The molecule has 3 rings (SSSR count). The number of methoxy groups -OCH3 is 1. The van der Waals surface area contributed by atoms with Gasteiger partial charge in [-0.2, -0.15) is 16.8 Å². The van der Waals surface area contributed by atoms with Crippen LogP contribution < -0.4 is 0 Å². The van der Waals surface area contributed by atoms with E-state index in [2.05, 4.69) is 6.58 Å². The van der Waals surface area contributed by atoms with Crippen LogP contribution >= 0.6 is 0 Å². The number of ether oxygens (including phenoxy) is 4. The van der Waals surface area contributed by atoms with Gasteiger partial charge in [-0.05, 0) is 11.1 Å². The van der Waals surface area contributed by atoms with Crippen LogP contribution in [0.4, 0.5) is 0 Å². The SMILES string of the molecule is C=C[C@@]1(OCc2ccccc2)[C@@H]([C@@H](COS(C)(=O)=O)OCc2ccccc2)O[C@H](OC)[C@@H]1OS(C)(=O)=O. The average Bonchev–Trinajstić information content (AvgIpc) is 3.15. The van der Waals surface area contributed by atoms with Crippen molar-refractivity contribution >= 4 is 20.2 Å². The summed E-state index contributed by atoms with van der Waals surface area (Å²) in [5.41, 5.74) is -0.0379. The Labute approximate surface area is 218 Å². The highest BCUT2D eigenvalue weighted by molar-refractivity contribution is 7.86. The van der Waals surface area contributed by atoms with E-state index in [1.54, 1.807) is 0 Å². The van der Waals surface area contributed by atoms with Crippen LogP contribution in [0.15, 0.2) is 73.3 Å². The fraction of sp³-hybridized carbons (Fsp3) is 0.440. The van der Waals surface area contributed by atoms with Crippen molar-refractivity contribution in [3.8, 4) is 0 Å². The largest absolute Gasteiger partial charge is 0.368 e. The predicted octanol–water partition coefficient (Wildman–Crippen LogP) is 2.41. The summed E-state index contributed by atoms with van der Waals surface area (Å²) >= 11 is 0. The third-order valence-electron chi connectivity index (χ3n) is 5.67. The van der Waals surface area contributed by atoms with E-state index in [4.69, 9.17) is 27.3 Å². The standard InChI is InChI=1S/C25H32O10S2/c1-5-25(32-17-20-14-10-7-11-15-20)22(34-24(30-2)23(25)35-37(4,28)29)21(18-33-36(3,26)27)31-16-19-12-8-6-9-13-19/h5-15,21-24H,1,16-18H2,2-4H3/t21-,22-,23+,24+,25-/m1/s1. The van der Waals surface area contributed by atoms with E-state index < -0.39 is 57.0 Å². The van der Waals surface area contributed by atoms with Gasteiger partial charge in [-0.25, -0.2) is 0 Å². The molecule has 0 aliphatic carbocycles. The summed E-state index contributed by atoms with van der Waals surface area (Å²) < 4.78 is 82.4. The highest BCUT2D eigenvalue weighted by atomic mass is 32.2. The lowest BCUT2D eigenvalue weighted by Crippen LogP contribution is -2.55. The number of hydrogen-bond donors (Lipinski definition) is 0. The maximum atomic E-state index is 12.2. The first-order valence-corrected chi connectivity index (χ1v) is 15.0. The van der Waals surface area contributed by atoms with E-state index in [1.165, 1.54) is 13.2 Å². The fourth-order valence-electron chi connectivity index (χ4n) is 3.99. The summed E-state index contributed by atoms with van der Waals surface area (Å²) in [5.74, 6) is 0.